The van der Waals surface area contributed by atoms with Crippen LogP contribution in [-0.4, -0.2) is 19.1 Å². The lowest BCUT2D eigenvalue weighted by Gasteiger charge is -2.14. The molecule has 2 heteroatoms. The first-order valence-corrected chi connectivity index (χ1v) is 5.80. The van der Waals surface area contributed by atoms with Gasteiger partial charge < -0.3 is 10.6 Å². The Morgan fingerprint density at radius 2 is 2.27 bits per heavy atom. The van der Waals surface area contributed by atoms with Gasteiger partial charge in [0, 0.05) is 18.3 Å². The fourth-order valence-electron chi connectivity index (χ4n) is 2.18. The maximum absolute atomic E-state index is 3.52. The van der Waals surface area contributed by atoms with Crippen LogP contribution in [0.1, 0.15) is 24.0 Å². The molecule has 2 nitrogen and oxygen atoms in total. The fourth-order valence-corrected chi connectivity index (χ4v) is 2.18. The summed E-state index contributed by atoms with van der Waals surface area (Å²) in [5.74, 6) is 0. The van der Waals surface area contributed by atoms with Crippen LogP contribution in [0.3, 0.4) is 0 Å². The average Bonchev–Trinajstić information content (AvgIpc) is 2.69. The van der Waals surface area contributed by atoms with Crippen LogP contribution in [0.5, 0.6) is 0 Å². The van der Waals surface area contributed by atoms with Crippen molar-refractivity contribution in [2.75, 3.05) is 18.4 Å². The third kappa shape index (κ3) is 2.72. The van der Waals surface area contributed by atoms with Gasteiger partial charge in [0.05, 0.1) is 0 Å². The first-order chi connectivity index (χ1) is 7.25. The number of hydrogen-bond acceptors (Lipinski definition) is 2. The van der Waals surface area contributed by atoms with Gasteiger partial charge in [-0.05, 0) is 44.9 Å². The molecular weight excluding hydrogens is 184 g/mol. The standard InChI is InChI=1S/C13H20N2/c1-10-5-6-13(11(2)8-10)15-9-12-4-3-7-14-12/h5-6,8,12,14-15H,3-4,7,9H2,1-2H3. The molecule has 1 unspecified atom stereocenters. The predicted octanol–water partition coefficient (Wildman–Crippen LogP) is 2.47. The Kier molecular flexibility index (Phi) is 3.27. The Balaban J connectivity index is 1.92. The second-order valence-corrected chi connectivity index (χ2v) is 4.49. The van der Waals surface area contributed by atoms with E-state index in [0.717, 1.165) is 6.54 Å². The van der Waals surface area contributed by atoms with E-state index < -0.39 is 0 Å². The Morgan fingerprint density at radius 3 is 2.93 bits per heavy atom. The molecule has 1 aromatic carbocycles. The summed E-state index contributed by atoms with van der Waals surface area (Å²) in [5, 5.41) is 7.01. The summed E-state index contributed by atoms with van der Waals surface area (Å²) < 4.78 is 0. The summed E-state index contributed by atoms with van der Waals surface area (Å²) >= 11 is 0. The number of benzene rings is 1. The summed E-state index contributed by atoms with van der Waals surface area (Å²) in [6.07, 6.45) is 2.62. The third-order valence-corrected chi connectivity index (χ3v) is 3.08. The highest BCUT2D eigenvalue weighted by Gasteiger charge is 2.13. The van der Waals surface area contributed by atoms with E-state index in [1.54, 1.807) is 0 Å². The minimum absolute atomic E-state index is 0.658. The Hall–Kier alpha value is -1.02. The van der Waals surface area contributed by atoms with Crippen LogP contribution < -0.4 is 10.6 Å². The molecule has 82 valence electrons. The summed E-state index contributed by atoms with van der Waals surface area (Å²) in [6.45, 7) is 6.52. The molecule has 0 radical (unpaired) electrons. The summed E-state index contributed by atoms with van der Waals surface area (Å²) in [7, 11) is 0. The predicted molar refractivity (Wildman–Crippen MR) is 65.4 cm³/mol. The molecule has 2 rings (SSSR count). The molecule has 0 aromatic heterocycles. The lowest BCUT2D eigenvalue weighted by atomic mass is 10.1. The summed E-state index contributed by atoms with van der Waals surface area (Å²) in [5.41, 5.74) is 3.94. The quantitative estimate of drug-likeness (QED) is 0.790. The maximum Gasteiger partial charge on any atom is 0.0370 e. The van der Waals surface area contributed by atoms with E-state index in [9.17, 15) is 0 Å². The number of nitrogens with one attached hydrogen (secondary N) is 2. The van der Waals surface area contributed by atoms with Crippen LogP contribution in [0.15, 0.2) is 18.2 Å². The van der Waals surface area contributed by atoms with Crippen LogP contribution in [0.4, 0.5) is 5.69 Å². The molecule has 1 heterocycles. The normalized spacial score (nSPS) is 20.5. The first-order valence-electron chi connectivity index (χ1n) is 5.80. The Morgan fingerprint density at radius 1 is 1.40 bits per heavy atom. The van der Waals surface area contributed by atoms with Crippen molar-refractivity contribution < 1.29 is 0 Å². The molecule has 0 aliphatic carbocycles. The maximum atomic E-state index is 3.52. The highest BCUT2D eigenvalue weighted by Crippen LogP contribution is 2.16. The molecule has 1 fully saturated rings. The van der Waals surface area contributed by atoms with Crippen LogP contribution in [-0.2, 0) is 0 Å². The number of anilines is 1. The van der Waals surface area contributed by atoms with Crippen LogP contribution in [0, 0.1) is 13.8 Å². The molecule has 1 aliphatic heterocycles. The summed E-state index contributed by atoms with van der Waals surface area (Å²) in [6, 6.07) is 7.23. The van der Waals surface area contributed by atoms with Gasteiger partial charge in [0.1, 0.15) is 0 Å². The van der Waals surface area contributed by atoms with Crippen molar-refractivity contribution in [3.8, 4) is 0 Å². The molecule has 0 spiro atoms. The van der Waals surface area contributed by atoms with Gasteiger partial charge in [0.2, 0.25) is 0 Å². The van der Waals surface area contributed by atoms with Crippen molar-refractivity contribution in [1.29, 1.82) is 0 Å². The van der Waals surface area contributed by atoms with Crippen molar-refractivity contribution >= 4 is 5.69 Å². The van der Waals surface area contributed by atoms with E-state index in [1.165, 1.54) is 36.2 Å². The summed E-state index contributed by atoms with van der Waals surface area (Å²) in [4.78, 5) is 0. The molecule has 1 atom stereocenters. The van der Waals surface area contributed by atoms with E-state index in [-0.39, 0.29) is 0 Å². The topological polar surface area (TPSA) is 24.1 Å². The molecular formula is C13H20N2. The van der Waals surface area contributed by atoms with Gasteiger partial charge in [-0.3, -0.25) is 0 Å². The lowest BCUT2D eigenvalue weighted by Crippen LogP contribution is -2.29. The van der Waals surface area contributed by atoms with Crippen LogP contribution in [0.25, 0.3) is 0 Å². The zero-order chi connectivity index (χ0) is 10.7. The minimum Gasteiger partial charge on any atom is -0.383 e. The zero-order valence-corrected chi connectivity index (χ0v) is 9.64. The Labute approximate surface area is 92.1 Å². The molecule has 0 bridgehead atoms. The van der Waals surface area contributed by atoms with E-state index in [1.807, 2.05) is 0 Å². The number of aryl methyl sites for hydroxylation is 2. The second kappa shape index (κ2) is 4.67. The minimum atomic E-state index is 0.658. The van der Waals surface area contributed by atoms with Gasteiger partial charge >= 0.3 is 0 Å². The van der Waals surface area contributed by atoms with E-state index in [2.05, 4.69) is 42.7 Å². The van der Waals surface area contributed by atoms with Crippen molar-refractivity contribution in [3.05, 3.63) is 29.3 Å². The van der Waals surface area contributed by atoms with Crippen LogP contribution in [0.2, 0.25) is 0 Å². The van der Waals surface area contributed by atoms with Crippen molar-refractivity contribution in [3.63, 3.8) is 0 Å². The molecule has 0 amide bonds. The van der Waals surface area contributed by atoms with Gasteiger partial charge in [0.25, 0.3) is 0 Å². The molecule has 15 heavy (non-hydrogen) atoms. The van der Waals surface area contributed by atoms with Gasteiger partial charge in [-0.1, -0.05) is 17.7 Å². The largest absolute Gasteiger partial charge is 0.383 e. The van der Waals surface area contributed by atoms with Crippen molar-refractivity contribution in [1.82, 2.24) is 5.32 Å². The number of rotatable bonds is 3. The number of hydrogen-bond donors (Lipinski definition) is 2. The molecule has 1 aliphatic rings. The first kappa shape index (κ1) is 10.5. The smallest absolute Gasteiger partial charge is 0.0370 e. The van der Waals surface area contributed by atoms with Crippen molar-refractivity contribution in [2.24, 2.45) is 0 Å². The third-order valence-electron chi connectivity index (χ3n) is 3.08. The highest BCUT2D eigenvalue weighted by atomic mass is 15.0. The van der Waals surface area contributed by atoms with Gasteiger partial charge in [0.15, 0.2) is 0 Å². The van der Waals surface area contributed by atoms with Gasteiger partial charge in [-0.2, -0.15) is 0 Å². The van der Waals surface area contributed by atoms with E-state index in [4.69, 9.17) is 0 Å². The highest BCUT2D eigenvalue weighted by molar-refractivity contribution is 5.52. The lowest BCUT2D eigenvalue weighted by molar-refractivity contribution is 0.633. The van der Waals surface area contributed by atoms with Crippen molar-refractivity contribution in [2.45, 2.75) is 32.7 Å². The monoisotopic (exact) mass is 204 g/mol. The molecule has 2 N–H and O–H groups in total. The second-order valence-electron chi connectivity index (χ2n) is 4.49. The SMILES string of the molecule is Cc1ccc(NCC2CCCN2)c(C)c1. The molecule has 1 aromatic rings. The molecule has 1 saturated heterocycles. The van der Waals surface area contributed by atoms with E-state index in [0.29, 0.717) is 6.04 Å². The zero-order valence-electron chi connectivity index (χ0n) is 9.64. The average molecular weight is 204 g/mol. The Bertz CT molecular complexity index is 327. The van der Waals surface area contributed by atoms with Gasteiger partial charge in [-0.25, -0.2) is 0 Å². The van der Waals surface area contributed by atoms with E-state index >= 15 is 0 Å². The fraction of sp³-hybridized carbons (Fsp3) is 0.538. The molecule has 0 saturated carbocycles. The van der Waals surface area contributed by atoms with Crippen LogP contribution >= 0.6 is 0 Å². The van der Waals surface area contributed by atoms with Gasteiger partial charge in [-0.15, -0.1) is 0 Å².